The van der Waals surface area contributed by atoms with Gasteiger partial charge >= 0.3 is 6.18 Å². The van der Waals surface area contributed by atoms with Crippen LogP contribution < -0.4 is 10.4 Å². The molecule has 1 aromatic carbocycles. The molecule has 1 aliphatic rings. The van der Waals surface area contributed by atoms with Crippen molar-refractivity contribution in [1.82, 2.24) is 9.99 Å². The molecule has 2 aromatic heterocycles. The van der Waals surface area contributed by atoms with Crippen LogP contribution >= 0.6 is 11.3 Å². The molecule has 1 atom stereocenters. The fourth-order valence-corrected chi connectivity index (χ4v) is 4.16. The number of hydrogen-bond donors (Lipinski definition) is 1. The fourth-order valence-electron chi connectivity index (χ4n) is 3.24. The van der Waals surface area contributed by atoms with Gasteiger partial charge in [-0.2, -0.15) is 13.2 Å². The van der Waals surface area contributed by atoms with Crippen molar-refractivity contribution in [1.29, 1.82) is 0 Å². The molecule has 0 aliphatic carbocycles. The van der Waals surface area contributed by atoms with Crippen molar-refractivity contribution in [2.24, 2.45) is 12.0 Å². The van der Waals surface area contributed by atoms with Crippen LogP contribution in [0.3, 0.4) is 0 Å². The molecule has 130 valence electrons. The van der Waals surface area contributed by atoms with Gasteiger partial charge < -0.3 is 4.57 Å². The van der Waals surface area contributed by atoms with Gasteiger partial charge in [0.05, 0.1) is 5.69 Å². The normalized spacial score (nSPS) is 20.4. The fraction of sp³-hybridized carbons (Fsp3) is 0.235. The Kier molecular flexibility index (Phi) is 3.37. The van der Waals surface area contributed by atoms with Crippen LogP contribution in [0.4, 0.5) is 18.2 Å². The highest BCUT2D eigenvalue weighted by atomic mass is 32.1. The lowest BCUT2D eigenvalue weighted by atomic mass is 10.1. The molecule has 0 bridgehead atoms. The molecule has 3 aromatic rings. The molecule has 0 amide bonds. The Bertz CT molecular complexity index is 972. The maximum absolute atomic E-state index is 14.3. The molecule has 4 nitrogen and oxygen atoms in total. The predicted molar refractivity (Wildman–Crippen MR) is 93.8 cm³/mol. The Labute approximate surface area is 146 Å². The number of thiophene rings is 1. The van der Waals surface area contributed by atoms with Crippen molar-refractivity contribution in [2.75, 3.05) is 5.01 Å². The second-order valence-electron chi connectivity index (χ2n) is 6.00. The number of rotatable bonds is 2. The maximum atomic E-state index is 14.3. The van der Waals surface area contributed by atoms with Crippen LogP contribution in [-0.2, 0) is 12.7 Å². The van der Waals surface area contributed by atoms with Gasteiger partial charge in [0, 0.05) is 18.0 Å². The third kappa shape index (κ3) is 2.17. The number of hydrogen-bond acceptors (Lipinski definition) is 4. The van der Waals surface area contributed by atoms with E-state index in [0.29, 0.717) is 5.00 Å². The molecule has 4 rings (SSSR count). The zero-order valence-electron chi connectivity index (χ0n) is 13.5. The highest BCUT2D eigenvalue weighted by molar-refractivity contribution is 7.14. The van der Waals surface area contributed by atoms with E-state index in [1.54, 1.807) is 35.9 Å². The summed E-state index contributed by atoms with van der Waals surface area (Å²) in [5, 5.41) is 4.11. The summed E-state index contributed by atoms with van der Waals surface area (Å²) in [5.74, 6) is 0. The van der Waals surface area contributed by atoms with Crippen LogP contribution in [0.2, 0.25) is 0 Å². The zero-order valence-corrected chi connectivity index (χ0v) is 14.3. The first-order valence-corrected chi connectivity index (χ1v) is 8.49. The molecular weight excluding hydrogens is 349 g/mol. The molecular formula is C17H15F3N4S. The first-order valence-electron chi connectivity index (χ1n) is 7.61. The van der Waals surface area contributed by atoms with Crippen molar-refractivity contribution in [3.63, 3.8) is 0 Å². The van der Waals surface area contributed by atoms with Crippen molar-refractivity contribution >= 4 is 33.6 Å². The number of nitrogens with one attached hydrogen (secondary N) is 1. The van der Waals surface area contributed by atoms with Crippen LogP contribution in [0.15, 0.2) is 46.8 Å². The summed E-state index contributed by atoms with van der Waals surface area (Å²) in [5.41, 5.74) is 1.85. The van der Waals surface area contributed by atoms with E-state index >= 15 is 0 Å². The standard InChI is InChI=1S/C17H15F3N4S/c1-11-7-15(25-9-11)24-16(17(18,19)20,21-10-22-24)14-8-12-5-3-4-6-13(12)23(14)2/h3-10H,1-2H3,(H,21,22). The second kappa shape index (κ2) is 5.26. The number of para-hydroxylation sites is 1. The third-order valence-electron chi connectivity index (χ3n) is 4.40. The quantitative estimate of drug-likeness (QED) is 0.735. The van der Waals surface area contributed by atoms with Gasteiger partial charge in [0.25, 0.3) is 5.66 Å². The zero-order chi connectivity index (χ0) is 17.8. The van der Waals surface area contributed by atoms with Crippen LogP contribution in [0, 0.1) is 6.92 Å². The number of aromatic nitrogens is 1. The topological polar surface area (TPSA) is 32.6 Å². The highest BCUT2D eigenvalue weighted by Crippen LogP contribution is 2.49. The average Bonchev–Trinajstić information content (AvgIpc) is 3.24. The van der Waals surface area contributed by atoms with Crippen LogP contribution in [-0.4, -0.2) is 17.1 Å². The van der Waals surface area contributed by atoms with E-state index in [1.807, 2.05) is 24.4 Å². The molecule has 1 N–H and O–H groups in total. The van der Waals surface area contributed by atoms with Gasteiger partial charge in [-0.15, -0.1) is 11.3 Å². The lowest BCUT2D eigenvalue weighted by molar-refractivity contribution is -0.189. The maximum Gasteiger partial charge on any atom is 0.440 e. The summed E-state index contributed by atoms with van der Waals surface area (Å²) in [4.78, 5) is 3.88. The lowest BCUT2D eigenvalue weighted by Crippen LogP contribution is -2.56. The van der Waals surface area contributed by atoms with Crippen LogP contribution in [0.1, 0.15) is 11.3 Å². The SMILES string of the molecule is Cc1csc(N2NC=NC2(c2cc3ccccc3n2C)C(F)(F)F)c1. The Morgan fingerprint density at radius 3 is 2.60 bits per heavy atom. The highest BCUT2D eigenvalue weighted by Gasteiger charge is 2.64. The van der Waals surface area contributed by atoms with Crippen LogP contribution in [0.5, 0.6) is 0 Å². The van der Waals surface area contributed by atoms with Gasteiger partial charge in [-0.05, 0) is 36.1 Å². The summed E-state index contributed by atoms with van der Waals surface area (Å²) in [7, 11) is 1.64. The number of aliphatic imine (C=N–C) groups is 1. The summed E-state index contributed by atoms with van der Waals surface area (Å²) in [6, 6.07) is 10.5. The number of hydrazine groups is 1. The first kappa shape index (κ1) is 16.0. The monoisotopic (exact) mass is 364 g/mol. The summed E-state index contributed by atoms with van der Waals surface area (Å²) >= 11 is 1.25. The van der Waals surface area contributed by atoms with Crippen LogP contribution in [0.25, 0.3) is 10.9 Å². The van der Waals surface area contributed by atoms with Gasteiger partial charge in [0.15, 0.2) is 0 Å². The number of anilines is 1. The van der Waals surface area contributed by atoms with E-state index in [0.717, 1.165) is 27.8 Å². The number of benzene rings is 1. The molecule has 1 aliphatic heterocycles. The minimum absolute atomic E-state index is 0.0634. The minimum Gasteiger partial charge on any atom is -0.344 e. The van der Waals surface area contributed by atoms with E-state index in [4.69, 9.17) is 0 Å². The Hall–Kier alpha value is -2.48. The van der Waals surface area contributed by atoms with Gasteiger partial charge in [0.2, 0.25) is 0 Å². The van der Waals surface area contributed by atoms with E-state index in [2.05, 4.69) is 10.4 Å². The second-order valence-corrected chi connectivity index (χ2v) is 6.89. The van der Waals surface area contributed by atoms with E-state index in [9.17, 15) is 13.2 Å². The largest absolute Gasteiger partial charge is 0.440 e. The first-order chi connectivity index (χ1) is 11.8. The molecule has 0 saturated heterocycles. The van der Waals surface area contributed by atoms with Gasteiger partial charge in [-0.25, -0.2) is 10.0 Å². The predicted octanol–water partition coefficient (Wildman–Crippen LogP) is 4.32. The summed E-state index contributed by atoms with van der Waals surface area (Å²) in [6.45, 7) is 1.85. The molecule has 0 saturated carbocycles. The van der Waals surface area contributed by atoms with E-state index in [1.165, 1.54) is 11.3 Å². The summed E-state index contributed by atoms with van der Waals surface area (Å²) < 4.78 is 44.6. The Morgan fingerprint density at radius 2 is 1.96 bits per heavy atom. The number of halogens is 3. The van der Waals surface area contributed by atoms with Crippen molar-refractivity contribution in [2.45, 2.75) is 18.8 Å². The molecule has 0 radical (unpaired) electrons. The third-order valence-corrected chi connectivity index (χ3v) is 5.43. The van der Waals surface area contributed by atoms with Gasteiger partial charge in [0.1, 0.15) is 11.3 Å². The van der Waals surface area contributed by atoms with Gasteiger partial charge in [-0.3, -0.25) is 5.43 Å². The molecule has 25 heavy (non-hydrogen) atoms. The number of fused-ring (bicyclic) bond motifs is 1. The van der Waals surface area contributed by atoms with Crippen molar-refractivity contribution < 1.29 is 13.2 Å². The van der Waals surface area contributed by atoms with E-state index in [-0.39, 0.29) is 5.69 Å². The average molecular weight is 364 g/mol. The smallest absolute Gasteiger partial charge is 0.344 e. The number of alkyl halides is 3. The minimum atomic E-state index is -4.62. The molecule has 8 heteroatoms. The molecule has 0 fully saturated rings. The molecule has 0 spiro atoms. The Balaban J connectivity index is 1.99. The summed E-state index contributed by atoms with van der Waals surface area (Å²) in [6.07, 6.45) is -3.51. The van der Waals surface area contributed by atoms with E-state index < -0.39 is 11.8 Å². The number of aryl methyl sites for hydroxylation is 2. The number of nitrogens with zero attached hydrogens (tertiary/aromatic N) is 3. The van der Waals surface area contributed by atoms with Crippen molar-refractivity contribution in [3.05, 3.63) is 53.0 Å². The van der Waals surface area contributed by atoms with Gasteiger partial charge in [-0.1, -0.05) is 18.2 Å². The molecule has 1 unspecified atom stereocenters. The Morgan fingerprint density at radius 1 is 1.20 bits per heavy atom. The molecule has 3 heterocycles. The van der Waals surface area contributed by atoms with Crippen molar-refractivity contribution in [3.8, 4) is 0 Å². The lowest BCUT2D eigenvalue weighted by Gasteiger charge is -2.37.